The fourth-order valence-electron chi connectivity index (χ4n) is 1.34. The largest absolute Gasteiger partial charge is 1.00 e. The van der Waals surface area contributed by atoms with E-state index >= 15 is 0 Å². The summed E-state index contributed by atoms with van der Waals surface area (Å²) in [6.07, 6.45) is 0. The van der Waals surface area contributed by atoms with Crippen LogP contribution in [0.2, 0.25) is 0 Å². The van der Waals surface area contributed by atoms with Gasteiger partial charge in [0, 0.05) is 17.1 Å². The van der Waals surface area contributed by atoms with Crippen LogP contribution >= 0.6 is 0 Å². The molecule has 11 heavy (non-hydrogen) atoms. The third-order valence-electron chi connectivity index (χ3n) is 2.68. The Labute approximate surface area is 88.0 Å². The van der Waals surface area contributed by atoms with Gasteiger partial charge in [0.1, 0.15) is 0 Å². The van der Waals surface area contributed by atoms with Gasteiger partial charge in [0.2, 0.25) is 0 Å². The van der Waals surface area contributed by atoms with Crippen molar-refractivity contribution in [2.45, 2.75) is 27.7 Å². The van der Waals surface area contributed by atoms with Crippen molar-refractivity contribution in [1.29, 1.82) is 0 Å². The number of nitrogens with zero attached hydrogens (tertiary/aromatic N) is 1. The van der Waals surface area contributed by atoms with Crippen LogP contribution in [-0.4, -0.2) is 30.7 Å². The van der Waals surface area contributed by atoms with Crippen molar-refractivity contribution in [3.8, 4) is 0 Å². The van der Waals surface area contributed by atoms with Gasteiger partial charge in [-0.1, -0.05) is 0 Å². The first-order valence-electron chi connectivity index (χ1n) is 4.09. The average Bonchev–Trinajstić information content (AvgIpc) is 1.95. The average molecular weight is 229 g/mol. The second kappa shape index (κ2) is 8.86. The van der Waals surface area contributed by atoms with Crippen LogP contribution in [0.15, 0.2) is 0 Å². The first-order chi connectivity index (χ1) is 4.24. The third-order valence-corrected chi connectivity index (χ3v) is 2.68. The summed E-state index contributed by atoms with van der Waals surface area (Å²) in [5, 5.41) is 0. The first-order valence-corrected chi connectivity index (χ1v) is 4.09. The molecule has 0 saturated carbocycles. The zero-order valence-electron chi connectivity index (χ0n) is 7.96. The third kappa shape index (κ3) is 5.08. The topological polar surface area (TPSA) is 0 Å². The molecule has 0 aliphatic carbocycles. The molecule has 3 heteroatoms. The molecule has 0 aliphatic rings. The summed E-state index contributed by atoms with van der Waals surface area (Å²) in [7, 11) is 0. The van der Waals surface area contributed by atoms with Crippen molar-refractivity contribution < 1.29 is 34.0 Å². The monoisotopic (exact) mass is 228 g/mol. The van der Waals surface area contributed by atoms with Crippen molar-refractivity contribution >= 4 is 0 Å². The van der Waals surface area contributed by atoms with Gasteiger partial charge in [0.25, 0.3) is 0 Å². The van der Waals surface area contributed by atoms with E-state index < -0.39 is 0 Å². The second-order valence-electron chi connectivity index (χ2n) is 2.61. The minimum Gasteiger partial charge on any atom is -1.00 e. The molecule has 0 aliphatic heterocycles. The van der Waals surface area contributed by atoms with Crippen LogP contribution in [0.5, 0.6) is 0 Å². The van der Waals surface area contributed by atoms with E-state index in [9.17, 15) is 0 Å². The molecular weight excluding hydrogens is 209 g/mol. The second-order valence-corrected chi connectivity index (χ2v) is 2.61. The van der Waals surface area contributed by atoms with Gasteiger partial charge in [0.05, 0.1) is 26.2 Å². The standard InChI is InChI=1S/C8H20N.ClH.Cu/c1-5-9(6-2,7-3)8-4;;/h5-8H2,1-4H3;1H;/q+1;;/p-1. The van der Waals surface area contributed by atoms with Crippen LogP contribution in [0.1, 0.15) is 27.7 Å². The molecule has 0 saturated heterocycles. The molecule has 0 heterocycles. The smallest absolute Gasteiger partial charge is 0.0757 e. The van der Waals surface area contributed by atoms with Gasteiger partial charge in [0.15, 0.2) is 0 Å². The molecule has 1 radical (unpaired) electrons. The molecule has 0 amide bonds. The summed E-state index contributed by atoms with van der Waals surface area (Å²) in [6, 6.07) is 0. The van der Waals surface area contributed by atoms with Gasteiger partial charge in [-0.25, -0.2) is 0 Å². The molecule has 0 aromatic rings. The molecule has 0 rings (SSSR count). The van der Waals surface area contributed by atoms with Crippen LogP contribution in [0.4, 0.5) is 0 Å². The van der Waals surface area contributed by atoms with Gasteiger partial charge < -0.3 is 16.9 Å². The Bertz CT molecular complexity index is 57.0. The predicted molar refractivity (Wildman–Crippen MR) is 42.4 cm³/mol. The number of rotatable bonds is 4. The Balaban J connectivity index is -0.000000320. The maximum atomic E-state index is 2.27. The summed E-state index contributed by atoms with van der Waals surface area (Å²) in [5.74, 6) is 0. The molecule has 0 bridgehead atoms. The van der Waals surface area contributed by atoms with E-state index in [2.05, 4.69) is 27.7 Å². The maximum absolute atomic E-state index is 2.27. The van der Waals surface area contributed by atoms with E-state index in [1.54, 1.807) is 0 Å². The van der Waals surface area contributed by atoms with E-state index in [0.29, 0.717) is 0 Å². The quantitative estimate of drug-likeness (QED) is 0.423. The first kappa shape index (κ1) is 17.8. The molecule has 1 nitrogen and oxygen atoms in total. The minimum atomic E-state index is 0. The fraction of sp³-hybridized carbons (Fsp3) is 1.00. The maximum Gasteiger partial charge on any atom is 0.0757 e. The zero-order chi connectivity index (χ0) is 7.33. The minimum absolute atomic E-state index is 0. The van der Waals surface area contributed by atoms with E-state index in [1.165, 1.54) is 30.7 Å². The normalized spacial score (nSPS) is 9.82. The summed E-state index contributed by atoms with van der Waals surface area (Å²) < 4.78 is 1.28. The summed E-state index contributed by atoms with van der Waals surface area (Å²) in [5.41, 5.74) is 0. The summed E-state index contributed by atoms with van der Waals surface area (Å²) >= 11 is 0. The molecule has 75 valence electrons. The van der Waals surface area contributed by atoms with Crippen molar-refractivity contribution in [2.24, 2.45) is 0 Å². The van der Waals surface area contributed by atoms with Gasteiger partial charge in [-0.3, -0.25) is 0 Å². The van der Waals surface area contributed by atoms with Crippen LogP contribution < -0.4 is 12.4 Å². The number of hydrogen-bond donors (Lipinski definition) is 0. The van der Waals surface area contributed by atoms with E-state index in [1.807, 2.05) is 0 Å². The van der Waals surface area contributed by atoms with Crippen LogP contribution in [0.3, 0.4) is 0 Å². The van der Waals surface area contributed by atoms with Gasteiger partial charge >= 0.3 is 0 Å². The molecule has 0 aromatic heterocycles. The number of hydrogen-bond acceptors (Lipinski definition) is 0. The number of quaternary nitrogens is 1. The molecule has 0 aromatic carbocycles. The Morgan fingerprint density at radius 2 is 0.909 bits per heavy atom. The van der Waals surface area contributed by atoms with E-state index in [-0.39, 0.29) is 29.5 Å². The Morgan fingerprint density at radius 3 is 0.909 bits per heavy atom. The van der Waals surface area contributed by atoms with Crippen LogP contribution in [0, 0.1) is 0 Å². The Morgan fingerprint density at radius 1 is 0.727 bits per heavy atom. The van der Waals surface area contributed by atoms with Gasteiger partial charge in [-0.15, -0.1) is 0 Å². The van der Waals surface area contributed by atoms with Crippen molar-refractivity contribution in [2.75, 3.05) is 26.2 Å². The molecule has 0 unspecified atom stereocenters. The Hall–Kier alpha value is 0.769. The fourth-order valence-corrected chi connectivity index (χ4v) is 1.34. The molecule has 0 atom stereocenters. The van der Waals surface area contributed by atoms with Crippen molar-refractivity contribution in [3.63, 3.8) is 0 Å². The van der Waals surface area contributed by atoms with Crippen LogP contribution in [0.25, 0.3) is 0 Å². The molecule has 0 spiro atoms. The molecule has 0 fully saturated rings. The van der Waals surface area contributed by atoms with E-state index in [4.69, 9.17) is 0 Å². The predicted octanol–water partition coefficient (Wildman–Crippen LogP) is -1.12. The summed E-state index contributed by atoms with van der Waals surface area (Å²) in [6.45, 7) is 14.2. The van der Waals surface area contributed by atoms with Crippen molar-refractivity contribution in [1.82, 2.24) is 0 Å². The van der Waals surface area contributed by atoms with Gasteiger partial charge in [-0.05, 0) is 27.7 Å². The van der Waals surface area contributed by atoms with E-state index in [0.717, 1.165) is 0 Å². The number of halogens is 1. The molecular formula is C8H20ClCuN. The van der Waals surface area contributed by atoms with Crippen molar-refractivity contribution in [3.05, 3.63) is 0 Å². The zero-order valence-corrected chi connectivity index (χ0v) is 9.65. The van der Waals surface area contributed by atoms with Gasteiger partial charge in [-0.2, -0.15) is 0 Å². The summed E-state index contributed by atoms with van der Waals surface area (Å²) in [4.78, 5) is 0. The molecule has 0 N–H and O–H groups in total. The van der Waals surface area contributed by atoms with Crippen LogP contribution in [-0.2, 0) is 17.1 Å². The SMILES string of the molecule is CC[N+](CC)(CC)CC.[Cl-].[Cu]. The Kier molecular flexibility index (Phi) is 14.3.